The summed E-state index contributed by atoms with van der Waals surface area (Å²) in [6, 6.07) is 10.6. The number of nitrogens with one attached hydrogen (secondary N) is 1. The highest BCUT2D eigenvalue weighted by Gasteiger charge is 2.16. The monoisotopic (exact) mass is 382 g/mol. The van der Waals surface area contributed by atoms with Crippen molar-refractivity contribution in [1.29, 1.82) is 0 Å². The van der Waals surface area contributed by atoms with Gasteiger partial charge in [0.15, 0.2) is 5.69 Å². The molecule has 1 heterocycles. The normalized spacial score (nSPS) is 13.1. The largest absolute Gasteiger partial charge is 0.293 e. The Morgan fingerprint density at radius 2 is 2.08 bits per heavy atom. The highest BCUT2D eigenvalue weighted by atomic mass is 79.9. The molecular formula is C18H15BrN4O. The van der Waals surface area contributed by atoms with Crippen molar-refractivity contribution in [3.8, 4) is 0 Å². The number of benzene rings is 2. The number of amides is 1. The van der Waals surface area contributed by atoms with E-state index in [4.69, 9.17) is 0 Å². The van der Waals surface area contributed by atoms with E-state index in [9.17, 15) is 4.79 Å². The minimum absolute atomic E-state index is 0.315. The predicted octanol–water partition coefficient (Wildman–Crippen LogP) is 3.20. The van der Waals surface area contributed by atoms with Gasteiger partial charge in [0.25, 0.3) is 5.91 Å². The first-order valence-corrected chi connectivity index (χ1v) is 8.49. The van der Waals surface area contributed by atoms with Gasteiger partial charge in [-0.3, -0.25) is 9.48 Å². The zero-order chi connectivity index (χ0) is 16.7. The lowest BCUT2D eigenvalue weighted by atomic mass is 10.0. The number of carbonyl (C=O) groups is 1. The molecule has 120 valence electrons. The van der Waals surface area contributed by atoms with Crippen LogP contribution in [0.2, 0.25) is 0 Å². The van der Waals surface area contributed by atoms with Crippen LogP contribution in [-0.2, 0) is 19.9 Å². The number of carbonyl (C=O) groups excluding carboxylic acids is 1. The third kappa shape index (κ3) is 2.53. The van der Waals surface area contributed by atoms with E-state index in [-0.39, 0.29) is 5.91 Å². The van der Waals surface area contributed by atoms with Crippen LogP contribution in [-0.4, -0.2) is 21.9 Å². The zero-order valence-electron chi connectivity index (χ0n) is 13.1. The molecule has 1 aromatic heterocycles. The minimum Gasteiger partial charge on any atom is -0.274 e. The zero-order valence-corrected chi connectivity index (χ0v) is 14.7. The van der Waals surface area contributed by atoms with E-state index in [0.29, 0.717) is 10.2 Å². The third-order valence-electron chi connectivity index (χ3n) is 4.28. The number of aryl methyl sites for hydroxylation is 3. The summed E-state index contributed by atoms with van der Waals surface area (Å²) in [5.41, 5.74) is 6.63. The van der Waals surface area contributed by atoms with Gasteiger partial charge in [-0.15, -0.1) is 0 Å². The standard InChI is InChI=1S/C18H15BrN4O/c1-23-10-15(19)17(22-23)18(24)21-20-9-13-8-7-12-6-5-11-3-2-4-14(13)16(11)12/h2-4,7-10H,5-6H2,1H3,(H,21,24). The van der Waals surface area contributed by atoms with Crippen molar-refractivity contribution in [3.05, 3.63) is 63.4 Å². The lowest BCUT2D eigenvalue weighted by molar-refractivity contribution is 0.0948. The summed E-state index contributed by atoms with van der Waals surface area (Å²) in [6.45, 7) is 0. The van der Waals surface area contributed by atoms with Crippen LogP contribution in [0.15, 0.2) is 46.1 Å². The van der Waals surface area contributed by atoms with Gasteiger partial charge >= 0.3 is 0 Å². The molecule has 6 heteroatoms. The van der Waals surface area contributed by atoms with Crippen LogP contribution in [0.4, 0.5) is 0 Å². The first-order chi connectivity index (χ1) is 11.6. The third-order valence-corrected chi connectivity index (χ3v) is 4.86. The smallest absolute Gasteiger partial charge is 0.274 e. The SMILES string of the molecule is Cn1cc(Br)c(C(=O)NN=Cc2ccc3c4c(cccc24)CC3)n1. The molecule has 0 radical (unpaired) electrons. The molecule has 4 rings (SSSR count). The number of aromatic nitrogens is 2. The van der Waals surface area contributed by atoms with Gasteiger partial charge in [-0.2, -0.15) is 10.2 Å². The minimum atomic E-state index is -0.343. The maximum absolute atomic E-state index is 12.1. The molecular weight excluding hydrogens is 368 g/mol. The van der Waals surface area contributed by atoms with Crippen molar-refractivity contribution >= 4 is 38.8 Å². The van der Waals surface area contributed by atoms with Gasteiger partial charge in [0, 0.05) is 18.8 Å². The average Bonchev–Trinajstić information content (AvgIpc) is 3.14. The van der Waals surface area contributed by atoms with Crippen molar-refractivity contribution in [1.82, 2.24) is 15.2 Å². The fraction of sp³-hybridized carbons (Fsp3) is 0.167. The first-order valence-electron chi connectivity index (χ1n) is 7.69. The van der Waals surface area contributed by atoms with Crippen molar-refractivity contribution in [2.24, 2.45) is 12.1 Å². The lowest BCUT2D eigenvalue weighted by Gasteiger charge is -2.05. The molecule has 0 aliphatic heterocycles. The Bertz CT molecular complexity index is 980. The van der Waals surface area contributed by atoms with Gasteiger partial charge in [0.2, 0.25) is 0 Å². The van der Waals surface area contributed by atoms with Crippen LogP contribution >= 0.6 is 15.9 Å². The van der Waals surface area contributed by atoms with Gasteiger partial charge < -0.3 is 0 Å². The van der Waals surface area contributed by atoms with Crippen molar-refractivity contribution < 1.29 is 4.79 Å². The van der Waals surface area contributed by atoms with Gasteiger partial charge in [0.1, 0.15) is 0 Å². The molecule has 0 bridgehead atoms. The number of hydrazone groups is 1. The Morgan fingerprint density at radius 1 is 1.29 bits per heavy atom. The van der Waals surface area contributed by atoms with Gasteiger partial charge in [-0.25, -0.2) is 5.43 Å². The van der Waals surface area contributed by atoms with Crippen LogP contribution in [0, 0.1) is 0 Å². The molecule has 0 unspecified atom stereocenters. The predicted molar refractivity (Wildman–Crippen MR) is 97.3 cm³/mol. The molecule has 1 amide bonds. The van der Waals surface area contributed by atoms with Crippen molar-refractivity contribution in [2.45, 2.75) is 12.8 Å². The maximum Gasteiger partial charge on any atom is 0.293 e. The first kappa shape index (κ1) is 15.1. The lowest BCUT2D eigenvalue weighted by Crippen LogP contribution is -2.19. The topological polar surface area (TPSA) is 59.3 Å². The second-order valence-electron chi connectivity index (χ2n) is 5.85. The summed E-state index contributed by atoms with van der Waals surface area (Å²) in [4.78, 5) is 12.1. The molecule has 3 aromatic rings. The van der Waals surface area contributed by atoms with Crippen LogP contribution in [0.1, 0.15) is 27.2 Å². The fourth-order valence-corrected chi connectivity index (χ4v) is 3.76. The highest BCUT2D eigenvalue weighted by Crippen LogP contribution is 2.32. The Balaban J connectivity index is 1.60. The number of halogens is 1. The van der Waals surface area contributed by atoms with E-state index in [1.165, 1.54) is 21.9 Å². The second-order valence-corrected chi connectivity index (χ2v) is 6.71. The summed E-state index contributed by atoms with van der Waals surface area (Å²) in [5.74, 6) is -0.343. The molecule has 24 heavy (non-hydrogen) atoms. The number of nitrogens with zero attached hydrogens (tertiary/aromatic N) is 3. The number of hydrogen-bond donors (Lipinski definition) is 1. The van der Waals surface area contributed by atoms with Crippen LogP contribution in [0.5, 0.6) is 0 Å². The van der Waals surface area contributed by atoms with E-state index >= 15 is 0 Å². The molecule has 0 saturated carbocycles. The van der Waals surface area contributed by atoms with Crippen molar-refractivity contribution in [3.63, 3.8) is 0 Å². The molecule has 0 atom stereocenters. The summed E-state index contributed by atoms with van der Waals surface area (Å²) in [6.07, 6.45) is 5.60. The van der Waals surface area contributed by atoms with Crippen LogP contribution in [0.25, 0.3) is 10.8 Å². The molecule has 0 saturated heterocycles. The molecule has 0 spiro atoms. The summed E-state index contributed by atoms with van der Waals surface area (Å²) in [5, 5.41) is 10.7. The molecule has 2 aromatic carbocycles. The van der Waals surface area contributed by atoms with Gasteiger partial charge in [-0.1, -0.05) is 30.3 Å². The summed E-state index contributed by atoms with van der Waals surface area (Å²) < 4.78 is 2.22. The average molecular weight is 383 g/mol. The molecule has 1 aliphatic rings. The van der Waals surface area contributed by atoms with E-state index in [2.05, 4.69) is 61.9 Å². The fourth-order valence-electron chi connectivity index (χ4n) is 3.21. The number of hydrogen-bond acceptors (Lipinski definition) is 3. The summed E-state index contributed by atoms with van der Waals surface area (Å²) in [7, 11) is 1.76. The molecule has 1 aliphatic carbocycles. The number of rotatable bonds is 3. The van der Waals surface area contributed by atoms with Gasteiger partial charge in [-0.05, 0) is 50.7 Å². The molecule has 5 nitrogen and oxygen atoms in total. The quantitative estimate of drug-likeness (QED) is 0.558. The molecule has 0 fully saturated rings. The maximum atomic E-state index is 12.1. The van der Waals surface area contributed by atoms with E-state index in [1.807, 2.05) is 0 Å². The second kappa shape index (κ2) is 5.87. The highest BCUT2D eigenvalue weighted by molar-refractivity contribution is 9.10. The van der Waals surface area contributed by atoms with Crippen LogP contribution in [0.3, 0.4) is 0 Å². The Morgan fingerprint density at radius 3 is 2.83 bits per heavy atom. The molecule has 1 N–H and O–H groups in total. The van der Waals surface area contributed by atoms with Crippen molar-refractivity contribution in [2.75, 3.05) is 0 Å². The Labute approximate surface area is 147 Å². The van der Waals surface area contributed by atoms with E-state index in [0.717, 1.165) is 18.4 Å². The van der Waals surface area contributed by atoms with E-state index in [1.54, 1.807) is 24.1 Å². The van der Waals surface area contributed by atoms with Gasteiger partial charge in [0.05, 0.1) is 10.7 Å². The van der Waals surface area contributed by atoms with E-state index < -0.39 is 0 Å². The van der Waals surface area contributed by atoms with Crippen LogP contribution < -0.4 is 5.43 Å². The summed E-state index contributed by atoms with van der Waals surface area (Å²) >= 11 is 3.31. The Kier molecular flexibility index (Phi) is 3.69. The Hall–Kier alpha value is -2.47.